The van der Waals surface area contributed by atoms with Crippen molar-refractivity contribution >= 4 is 5.65 Å². The molecule has 0 atom stereocenters. The molecule has 0 bridgehead atoms. The van der Waals surface area contributed by atoms with E-state index in [1.165, 1.54) is 0 Å². The number of aryl methyl sites for hydroxylation is 1. The molecule has 0 spiro atoms. The fraction of sp³-hybridized carbons (Fsp3) is 0.0400. The van der Waals surface area contributed by atoms with Crippen LogP contribution in [0.5, 0.6) is 0 Å². The van der Waals surface area contributed by atoms with Gasteiger partial charge in [0.2, 0.25) is 0 Å². The standard InChI is InChI=1S/C25H19N3/c1-18-24(21-15-9-4-10-16-21)25-26-22(19-11-5-2-6-12-19)17-23(28(25)27-18)20-13-7-3-8-14-20/h2-17H,1H3. The molecular weight excluding hydrogens is 342 g/mol. The molecule has 3 aromatic carbocycles. The zero-order valence-corrected chi connectivity index (χ0v) is 15.6. The average molecular weight is 361 g/mol. The van der Waals surface area contributed by atoms with Crippen LogP contribution in [0, 0.1) is 6.92 Å². The van der Waals surface area contributed by atoms with Crippen molar-refractivity contribution in [2.75, 3.05) is 0 Å². The van der Waals surface area contributed by atoms with E-state index in [0.29, 0.717) is 0 Å². The predicted molar refractivity (Wildman–Crippen MR) is 114 cm³/mol. The van der Waals surface area contributed by atoms with Gasteiger partial charge in [-0.25, -0.2) is 9.50 Å². The Morgan fingerprint density at radius 1 is 0.643 bits per heavy atom. The van der Waals surface area contributed by atoms with E-state index in [2.05, 4.69) is 66.7 Å². The summed E-state index contributed by atoms with van der Waals surface area (Å²) in [4.78, 5) is 5.03. The minimum atomic E-state index is 0.879. The molecule has 28 heavy (non-hydrogen) atoms. The Bertz CT molecular complexity index is 1240. The minimum Gasteiger partial charge on any atom is -0.228 e. The molecule has 2 aromatic heterocycles. The molecule has 0 radical (unpaired) electrons. The summed E-state index contributed by atoms with van der Waals surface area (Å²) < 4.78 is 1.97. The van der Waals surface area contributed by atoms with E-state index in [1.54, 1.807) is 0 Å². The first-order chi connectivity index (χ1) is 13.8. The van der Waals surface area contributed by atoms with Crippen LogP contribution in [0.15, 0.2) is 97.1 Å². The van der Waals surface area contributed by atoms with Crippen molar-refractivity contribution < 1.29 is 0 Å². The van der Waals surface area contributed by atoms with Crippen molar-refractivity contribution in [3.05, 3.63) is 103 Å². The lowest BCUT2D eigenvalue weighted by atomic mass is 10.0. The Kier molecular flexibility index (Phi) is 3.99. The lowest BCUT2D eigenvalue weighted by molar-refractivity contribution is 0.926. The Labute approximate surface area is 163 Å². The van der Waals surface area contributed by atoms with Gasteiger partial charge in [-0.05, 0) is 18.6 Å². The Morgan fingerprint density at radius 2 is 1.18 bits per heavy atom. The number of fused-ring (bicyclic) bond motifs is 1. The van der Waals surface area contributed by atoms with Gasteiger partial charge >= 0.3 is 0 Å². The van der Waals surface area contributed by atoms with E-state index >= 15 is 0 Å². The summed E-state index contributed by atoms with van der Waals surface area (Å²) in [5.41, 5.74) is 8.26. The van der Waals surface area contributed by atoms with Gasteiger partial charge in [0, 0.05) is 16.7 Å². The molecule has 0 aliphatic carbocycles. The summed E-state index contributed by atoms with van der Waals surface area (Å²) in [7, 11) is 0. The van der Waals surface area contributed by atoms with Gasteiger partial charge in [-0.15, -0.1) is 0 Å². The summed E-state index contributed by atoms with van der Waals surface area (Å²) in [6, 6.07) is 33.2. The summed E-state index contributed by atoms with van der Waals surface area (Å²) in [6.07, 6.45) is 0. The van der Waals surface area contributed by atoms with Crippen molar-refractivity contribution in [2.45, 2.75) is 6.92 Å². The normalized spacial score (nSPS) is 11.0. The number of benzene rings is 3. The monoisotopic (exact) mass is 361 g/mol. The summed E-state index contributed by atoms with van der Waals surface area (Å²) in [6.45, 7) is 2.05. The lowest BCUT2D eigenvalue weighted by Crippen LogP contribution is -1.98. The molecule has 0 aliphatic heterocycles. The maximum atomic E-state index is 5.03. The number of rotatable bonds is 3. The summed E-state index contributed by atoms with van der Waals surface area (Å²) in [5.74, 6) is 0. The molecule has 0 N–H and O–H groups in total. The number of aromatic nitrogens is 3. The van der Waals surface area contributed by atoms with Crippen molar-refractivity contribution in [3.63, 3.8) is 0 Å². The van der Waals surface area contributed by atoms with Gasteiger partial charge < -0.3 is 0 Å². The highest BCUT2D eigenvalue weighted by molar-refractivity contribution is 5.83. The van der Waals surface area contributed by atoms with Gasteiger partial charge in [0.1, 0.15) is 0 Å². The first kappa shape index (κ1) is 16.5. The van der Waals surface area contributed by atoms with Crippen LogP contribution in [0.4, 0.5) is 0 Å². The van der Waals surface area contributed by atoms with E-state index in [1.807, 2.05) is 41.8 Å². The molecule has 3 nitrogen and oxygen atoms in total. The highest BCUT2D eigenvalue weighted by Crippen LogP contribution is 2.32. The van der Waals surface area contributed by atoms with Gasteiger partial charge in [-0.3, -0.25) is 0 Å². The number of hydrogen-bond donors (Lipinski definition) is 0. The van der Waals surface area contributed by atoms with E-state index in [0.717, 1.165) is 45.0 Å². The van der Waals surface area contributed by atoms with Gasteiger partial charge in [-0.1, -0.05) is 91.0 Å². The Balaban J connectivity index is 1.86. The van der Waals surface area contributed by atoms with Crippen LogP contribution >= 0.6 is 0 Å². The maximum absolute atomic E-state index is 5.03. The molecule has 5 aromatic rings. The van der Waals surface area contributed by atoms with Gasteiger partial charge in [0.25, 0.3) is 0 Å². The van der Waals surface area contributed by atoms with Crippen LogP contribution in [-0.2, 0) is 0 Å². The fourth-order valence-corrected chi connectivity index (χ4v) is 3.64. The van der Waals surface area contributed by atoms with Crippen LogP contribution in [0.25, 0.3) is 39.3 Å². The van der Waals surface area contributed by atoms with Crippen molar-refractivity contribution in [1.29, 1.82) is 0 Å². The average Bonchev–Trinajstić information content (AvgIpc) is 3.10. The molecule has 0 saturated carbocycles. The molecular formula is C25H19N3. The second-order valence-electron chi connectivity index (χ2n) is 6.82. The Morgan fingerprint density at radius 3 is 1.79 bits per heavy atom. The molecule has 0 saturated heterocycles. The first-order valence-electron chi connectivity index (χ1n) is 9.38. The van der Waals surface area contributed by atoms with Crippen LogP contribution in [0.2, 0.25) is 0 Å². The van der Waals surface area contributed by atoms with E-state index in [9.17, 15) is 0 Å². The van der Waals surface area contributed by atoms with E-state index in [-0.39, 0.29) is 0 Å². The van der Waals surface area contributed by atoms with E-state index in [4.69, 9.17) is 10.1 Å². The number of nitrogens with zero attached hydrogens (tertiary/aromatic N) is 3. The zero-order chi connectivity index (χ0) is 18.9. The third-order valence-corrected chi connectivity index (χ3v) is 4.97. The van der Waals surface area contributed by atoms with Crippen LogP contribution < -0.4 is 0 Å². The van der Waals surface area contributed by atoms with Gasteiger partial charge in [-0.2, -0.15) is 5.10 Å². The second-order valence-corrected chi connectivity index (χ2v) is 6.82. The molecule has 3 heteroatoms. The molecule has 2 heterocycles. The van der Waals surface area contributed by atoms with Crippen LogP contribution in [0.1, 0.15) is 5.69 Å². The molecule has 0 unspecified atom stereocenters. The van der Waals surface area contributed by atoms with Crippen molar-refractivity contribution in [1.82, 2.24) is 14.6 Å². The fourth-order valence-electron chi connectivity index (χ4n) is 3.64. The quantitative estimate of drug-likeness (QED) is 0.392. The largest absolute Gasteiger partial charge is 0.228 e. The summed E-state index contributed by atoms with van der Waals surface area (Å²) >= 11 is 0. The molecule has 0 fully saturated rings. The predicted octanol–water partition coefficient (Wildman–Crippen LogP) is 6.04. The Hall–Kier alpha value is -3.72. The van der Waals surface area contributed by atoms with Crippen molar-refractivity contribution in [2.24, 2.45) is 0 Å². The molecule has 134 valence electrons. The lowest BCUT2D eigenvalue weighted by Gasteiger charge is -2.09. The zero-order valence-electron chi connectivity index (χ0n) is 15.6. The van der Waals surface area contributed by atoms with E-state index < -0.39 is 0 Å². The minimum absolute atomic E-state index is 0.879. The second kappa shape index (κ2) is 6.78. The molecule has 0 aliphatic rings. The topological polar surface area (TPSA) is 30.2 Å². The third kappa shape index (κ3) is 2.78. The highest BCUT2D eigenvalue weighted by Gasteiger charge is 2.17. The summed E-state index contributed by atoms with van der Waals surface area (Å²) in [5, 5.41) is 4.85. The highest BCUT2D eigenvalue weighted by atomic mass is 15.3. The molecule has 0 amide bonds. The SMILES string of the molecule is Cc1nn2c(-c3ccccc3)cc(-c3ccccc3)nc2c1-c1ccccc1. The van der Waals surface area contributed by atoms with Crippen LogP contribution in [-0.4, -0.2) is 14.6 Å². The maximum Gasteiger partial charge on any atom is 0.164 e. The van der Waals surface area contributed by atoms with Crippen molar-refractivity contribution in [3.8, 4) is 33.6 Å². The number of hydrogen-bond acceptors (Lipinski definition) is 2. The first-order valence-corrected chi connectivity index (χ1v) is 9.38. The van der Waals surface area contributed by atoms with Crippen LogP contribution in [0.3, 0.4) is 0 Å². The third-order valence-electron chi connectivity index (χ3n) is 4.97. The smallest absolute Gasteiger partial charge is 0.164 e. The molecule has 5 rings (SSSR count). The van der Waals surface area contributed by atoms with Gasteiger partial charge in [0.15, 0.2) is 5.65 Å². The van der Waals surface area contributed by atoms with Gasteiger partial charge in [0.05, 0.1) is 17.1 Å².